The zero-order chi connectivity index (χ0) is 20.9. The Morgan fingerprint density at radius 3 is 2.04 bits per heavy atom. The third kappa shape index (κ3) is 6.09. The molecule has 0 aliphatic heterocycles. The van der Waals surface area contributed by atoms with Crippen molar-refractivity contribution in [3.63, 3.8) is 0 Å². The van der Waals surface area contributed by atoms with Crippen molar-refractivity contribution >= 4 is 23.4 Å². The van der Waals surface area contributed by atoms with Crippen LogP contribution in [0.3, 0.4) is 0 Å². The predicted octanol–water partition coefficient (Wildman–Crippen LogP) is 1.82. The zero-order valence-corrected chi connectivity index (χ0v) is 15.0. The third-order valence-corrected chi connectivity index (χ3v) is 3.14. The molecule has 1 aromatic carbocycles. The predicted molar refractivity (Wildman–Crippen MR) is 90.3 cm³/mol. The lowest BCUT2D eigenvalue weighted by molar-refractivity contribution is -0.396. The van der Waals surface area contributed by atoms with Crippen LogP contribution in [0.1, 0.15) is 26.3 Å². The van der Waals surface area contributed by atoms with Gasteiger partial charge in [-0.1, -0.05) is 0 Å². The lowest BCUT2D eigenvalue weighted by Gasteiger charge is -2.22. The summed E-state index contributed by atoms with van der Waals surface area (Å²) in [4.78, 5) is 43.8. The molecule has 1 atom stereocenters. The van der Waals surface area contributed by atoms with Gasteiger partial charge in [-0.2, -0.15) is 0 Å². The van der Waals surface area contributed by atoms with Crippen molar-refractivity contribution in [1.82, 2.24) is 5.32 Å². The van der Waals surface area contributed by atoms with E-state index in [0.717, 1.165) is 19.2 Å². The Bertz CT molecular complexity index is 735. The van der Waals surface area contributed by atoms with Crippen molar-refractivity contribution < 1.29 is 34.0 Å². The molecule has 0 saturated carbocycles. The second kappa shape index (κ2) is 8.29. The highest BCUT2D eigenvalue weighted by atomic mass is 16.6. The van der Waals surface area contributed by atoms with Crippen molar-refractivity contribution in [3.8, 4) is 5.75 Å². The number of hydrogen-bond donors (Lipinski definition) is 2. The molecule has 27 heavy (non-hydrogen) atoms. The van der Waals surface area contributed by atoms with Gasteiger partial charge in [-0.25, -0.2) is 9.59 Å². The fourth-order valence-corrected chi connectivity index (χ4v) is 2.08. The molecule has 0 heterocycles. The Balaban J connectivity index is 3.21. The topological polar surface area (TPSA) is 171 Å². The number of phenolic OH excluding ortho intramolecular Hbond substituents is 1. The van der Waals surface area contributed by atoms with Crippen LogP contribution in [0.2, 0.25) is 0 Å². The normalized spacial score (nSPS) is 12.0. The number of alkyl carbamates (subject to hydrolysis) is 1. The number of nitro benzene ring substituents is 2. The lowest BCUT2D eigenvalue weighted by atomic mass is 10.0. The van der Waals surface area contributed by atoms with Gasteiger partial charge in [-0.3, -0.25) is 20.2 Å². The molecular formula is C15H19N3O9. The number of nitrogens with zero attached hydrogens (tertiary/aromatic N) is 2. The van der Waals surface area contributed by atoms with Crippen LogP contribution >= 0.6 is 0 Å². The molecular weight excluding hydrogens is 366 g/mol. The van der Waals surface area contributed by atoms with Crippen LogP contribution in [0.25, 0.3) is 0 Å². The van der Waals surface area contributed by atoms with Crippen LogP contribution in [0.4, 0.5) is 16.2 Å². The Labute approximate surface area is 153 Å². The molecule has 0 saturated heterocycles. The minimum absolute atomic E-state index is 0.0438. The quantitative estimate of drug-likeness (QED) is 0.421. The zero-order valence-electron chi connectivity index (χ0n) is 15.0. The number of esters is 1. The van der Waals surface area contributed by atoms with Gasteiger partial charge in [0.15, 0.2) is 0 Å². The fraction of sp³-hybridized carbons (Fsp3) is 0.467. The minimum atomic E-state index is -1.33. The van der Waals surface area contributed by atoms with Crippen LogP contribution < -0.4 is 5.32 Å². The summed E-state index contributed by atoms with van der Waals surface area (Å²) < 4.78 is 9.60. The Kier molecular flexibility index (Phi) is 6.64. The first-order chi connectivity index (χ1) is 12.4. The number of methoxy groups -OCH3 is 1. The molecule has 0 bridgehead atoms. The number of carbonyl (C=O) groups excluding carboxylic acids is 2. The number of hydrogen-bond acceptors (Lipinski definition) is 9. The van der Waals surface area contributed by atoms with Gasteiger partial charge in [0.2, 0.25) is 0 Å². The van der Waals surface area contributed by atoms with Gasteiger partial charge in [0.25, 0.3) is 5.75 Å². The van der Waals surface area contributed by atoms with Crippen molar-refractivity contribution in [2.24, 2.45) is 0 Å². The summed E-state index contributed by atoms with van der Waals surface area (Å²) in [5, 5.41) is 33.9. The van der Waals surface area contributed by atoms with Gasteiger partial charge in [-0.15, -0.1) is 0 Å². The number of nitrogens with one attached hydrogen (secondary N) is 1. The minimum Gasteiger partial charge on any atom is -0.497 e. The molecule has 1 amide bonds. The molecule has 0 unspecified atom stereocenters. The number of phenols is 1. The lowest BCUT2D eigenvalue weighted by Crippen LogP contribution is -2.45. The van der Waals surface area contributed by atoms with E-state index in [-0.39, 0.29) is 12.0 Å². The summed E-state index contributed by atoms with van der Waals surface area (Å²) in [5.41, 5.74) is -2.70. The van der Waals surface area contributed by atoms with Crippen LogP contribution in [-0.4, -0.2) is 45.8 Å². The summed E-state index contributed by atoms with van der Waals surface area (Å²) in [5.74, 6) is -2.00. The van der Waals surface area contributed by atoms with Crippen LogP contribution in [0, 0.1) is 20.2 Å². The van der Waals surface area contributed by atoms with E-state index >= 15 is 0 Å². The van der Waals surface area contributed by atoms with Crippen LogP contribution in [0.15, 0.2) is 12.1 Å². The second-order valence-electron chi connectivity index (χ2n) is 6.42. The van der Waals surface area contributed by atoms with E-state index in [1.807, 2.05) is 0 Å². The summed E-state index contributed by atoms with van der Waals surface area (Å²) in [7, 11) is 1.06. The van der Waals surface area contributed by atoms with Gasteiger partial charge in [0.05, 0.1) is 17.0 Å². The molecule has 12 heteroatoms. The standard InChI is InChI=1S/C15H19N3O9/c1-15(2,3)27-14(21)16-9(13(20)26-4)5-8-6-10(17(22)23)12(19)11(7-8)18(24)25/h6-7,9,19H,5H2,1-4H3,(H,16,21)/t9-/m0/s1. The maximum atomic E-state index is 11.9. The Morgan fingerprint density at radius 1 is 1.19 bits per heavy atom. The number of aromatic hydroxyl groups is 1. The molecule has 12 nitrogen and oxygen atoms in total. The molecule has 148 valence electrons. The Hall–Kier alpha value is -3.44. The van der Waals surface area contributed by atoms with Crippen LogP contribution in [-0.2, 0) is 20.7 Å². The first-order valence-corrected chi connectivity index (χ1v) is 7.57. The molecule has 0 spiro atoms. The van der Waals surface area contributed by atoms with E-state index in [1.54, 1.807) is 20.8 Å². The van der Waals surface area contributed by atoms with Gasteiger partial charge in [0, 0.05) is 18.6 Å². The first kappa shape index (κ1) is 21.6. The summed E-state index contributed by atoms with van der Waals surface area (Å²) >= 11 is 0. The van der Waals surface area contributed by atoms with Gasteiger partial charge < -0.3 is 19.9 Å². The van der Waals surface area contributed by atoms with E-state index in [9.17, 15) is 34.9 Å². The summed E-state index contributed by atoms with van der Waals surface area (Å²) in [6.07, 6.45) is -1.31. The average molecular weight is 385 g/mol. The third-order valence-electron chi connectivity index (χ3n) is 3.14. The van der Waals surface area contributed by atoms with E-state index in [2.05, 4.69) is 10.1 Å². The van der Waals surface area contributed by atoms with Gasteiger partial charge in [-0.05, 0) is 26.3 Å². The monoisotopic (exact) mass is 385 g/mol. The van der Waals surface area contributed by atoms with Crippen molar-refractivity contribution in [3.05, 3.63) is 37.9 Å². The number of amides is 1. The Morgan fingerprint density at radius 2 is 1.67 bits per heavy atom. The van der Waals surface area contributed by atoms with E-state index in [1.165, 1.54) is 0 Å². The number of carbonyl (C=O) groups is 2. The van der Waals surface area contributed by atoms with Crippen molar-refractivity contribution in [1.29, 1.82) is 0 Å². The maximum Gasteiger partial charge on any atom is 0.408 e. The molecule has 0 aliphatic carbocycles. The van der Waals surface area contributed by atoms with Crippen molar-refractivity contribution in [2.45, 2.75) is 38.8 Å². The largest absolute Gasteiger partial charge is 0.497 e. The molecule has 0 aromatic heterocycles. The molecule has 0 radical (unpaired) electrons. The number of rotatable bonds is 6. The summed E-state index contributed by atoms with van der Waals surface area (Å²) in [6.45, 7) is 4.81. The van der Waals surface area contributed by atoms with Gasteiger partial charge >= 0.3 is 23.4 Å². The highest BCUT2D eigenvalue weighted by Crippen LogP contribution is 2.37. The van der Waals surface area contributed by atoms with E-state index < -0.39 is 50.7 Å². The second-order valence-corrected chi connectivity index (χ2v) is 6.42. The SMILES string of the molecule is COC(=O)[C@H](Cc1cc([N+](=O)[O-])c(O)c([N+](=O)[O-])c1)NC(=O)OC(C)(C)C. The molecule has 1 aromatic rings. The number of ether oxygens (including phenoxy) is 2. The molecule has 2 N–H and O–H groups in total. The highest BCUT2D eigenvalue weighted by Gasteiger charge is 2.30. The average Bonchev–Trinajstić information content (AvgIpc) is 2.52. The highest BCUT2D eigenvalue weighted by molar-refractivity contribution is 5.81. The molecule has 0 fully saturated rings. The van der Waals surface area contributed by atoms with Crippen molar-refractivity contribution in [2.75, 3.05) is 7.11 Å². The molecule has 0 aliphatic rings. The smallest absolute Gasteiger partial charge is 0.408 e. The fourth-order valence-electron chi connectivity index (χ4n) is 2.08. The molecule has 1 rings (SSSR count). The number of benzene rings is 1. The summed E-state index contributed by atoms with van der Waals surface area (Å²) in [6, 6.07) is 0.415. The maximum absolute atomic E-state index is 11.9. The van der Waals surface area contributed by atoms with Crippen LogP contribution in [0.5, 0.6) is 5.75 Å². The van der Waals surface area contributed by atoms with E-state index in [4.69, 9.17) is 4.74 Å². The van der Waals surface area contributed by atoms with E-state index in [0.29, 0.717) is 0 Å². The first-order valence-electron chi connectivity index (χ1n) is 7.57. The van der Waals surface area contributed by atoms with Gasteiger partial charge in [0.1, 0.15) is 11.6 Å². The number of nitro groups is 2.